The molecule has 1 N–H and O–H groups in total. The number of rotatable bonds is 6. The van der Waals surface area contributed by atoms with Gasteiger partial charge in [0.1, 0.15) is 5.69 Å². The van der Waals surface area contributed by atoms with Gasteiger partial charge in [0.25, 0.3) is 0 Å². The van der Waals surface area contributed by atoms with Crippen molar-refractivity contribution in [3.63, 3.8) is 0 Å². The number of benzene rings is 2. The van der Waals surface area contributed by atoms with Gasteiger partial charge in [0, 0.05) is 24.5 Å². The van der Waals surface area contributed by atoms with Gasteiger partial charge in [0.2, 0.25) is 0 Å². The third kappa shape index (κ3) is 3.41. The first-order valence-corrected chi connectivity index (χ1v) is 9.13. The van der Waals surface area contributed by atoms with Gasteiger partial charge in [-0.15, -0.1) is 0 Å². The lowest BCUT2D eigenvalue weighted by atomic mass is 10.1. The summed E-state index contributed by atoms with van der Waals surface area (Å²) in [5.74, 6) is 0.856. The van der Waals surface area contributed by atoms with E-state index in [4.69, 9.17) is 0 Å². The highest BCUT2D eigenvalue weighted by Gasteiger charge is 2.20. The highest BCUT2D eigenvalue weighted by molar-refractivity contribution is 5.75. The van der Waals surface area contributed by atoms with E-state index in [1.165, 1.54) is 0 Å². The number of hydrogen-bond donors (Lipinski definition) is 1. The molecule has 0 spiro atoms. The smallest absolute Gasteiger partial charge is 0.158 e. The van der Waals surface area contributed by atoms with E-state index in [1.807, 2.05) is 71.4 Å². The molecular formula is C22H22N4O. The lowest BCUT2D eigenvalue weighted by Crippen LogP contribution is -2.11. The maximum atomic E-state index is 10.7. The summed E-state index contributed by atoms with van der Waals surface area (Å²) >= 11 is 0. The summed E-state index contributed by atoms with van der Waals surface area (Å²) in [5.41, 5.74) is 3.71. The quantitative estimate of drug-likeness (QED) is 0.563. The van der Waals surface area contributed by atoms with Gasteiger partial charge in [0.15, 0.2) is 5.82 Å². The van der Waals surface area contributed by atoms with E-state index in [9.17, 15) is 5.11 Å². The fourth-order valence-corrected chi connectivity index (χ4v) is 3.31. The van der Waals surface area contributed by atoms with Gasteiger partial charge in [-0.3, -0.25) is 0 Å². The lowest BCUT2D eigenvalue weighted by Gasteiger charge is -2.15. The third-order valence-electron chi connectivity index (χ3n) is 4.71. The Hall–Kier alpha value is -3.18. The largest absolute Gasteiger partial charge is 0.387 e. The normalized spacial score (nSPS) is 12.2. The molecule has 5 heteroatoms. The molecule has 4 rings (SSSR count). The summed E-state index contributed by atoms with van der Waals surface area (Å²) in [7, 11) is 0. The summed E-state index contributed by atoms with van der Waals surface area (Å²) < 4.78 is 4.09. The molecule has 0 fully saturated rings. The summed E-state index contributed by atoms with van der Waals surface area (Å²) in [6.45, 7) is 3.32. The van der Waals surface area contributed by atoms with E-state index in [2.05, 4.69) is 21.5 Å². The van der Waals surface area contributed by atoms with E-state index in [0.29, 0.717) is 6.54 Å². The fourth-order valence-electron chi connectivity index (χ4n) is 3.31. The Labute approximate surface area is 158 Å². The van der Waals surface area contributed by atoms with Gasteiger partial charge in [-0.2, -0.15) is 0 Å². The van der Waals surface area contributed by atoms with Crippen LogP contribution in [0.1, 0.15) is 18.6 Å². The van der Waals surface area contributed by atoms with Crippen LogP contribution >= 0.6 is 0 Å². The van der Waals surface area contributed by atoms with Crippen LogP contribution in [0.2, 0.25) is 0 Å². The molecule has 0 aliphatic rings. The van der Waals surface area contributed by atoms with E-state index in [-0.39, 0.29) is 0 Å². The Morgan fingerprint density at radius 3 is 2.33 bits per heavy atom. The molecule has 0 bridgehead atoms. The Kier molecular flexibility index (Phi) is 4.85. The zero-order valence-corrected chi connectivity index (χ0v) is 15.2. The molecule has 27 heavy (non-hydrogen) atoms. The minimum Gasteiger partial charge on any atom is -0.387 e. The van der Waals surface area contributed by atoms with Crippen molar-refractivity contribution in [1.29, 1.82) is 0 Å². The summed E-state index contributed by atoms with van der Waals surface area (Å²) in [6, 6.07) is 19.8. The predicted molar refractivity (Wildman–Crippen MR) is 106 cm³/mol. The van der Waals surface area contributed by atoms with Crippen molar-refractivity contribution >= 4 is 0 Å². The predicted octanol–water partition coefficient (Wildman–Crippen LogP) is 4.17. The average Bonchev–Trinajstić information content (AvgIpc) is 3.35. The van der Waals surface area contributed by atoms with Crippen LogP contribution in [0.5, 0.6) is 0 Å². The molecule has 2 aromatic heterocycles. The molecule has 0 unspecified atom stereocenters. The summed E-state index contributed by atoms with van der Waals surface area (Å²) in [4.78, 5) is 9.24. The molecule has 2 aromatic carbocycles. The third-order valence-corrected chi connectivity index (χ3v) is 4.71. The average molecular weight is 358 g/mol. The van der Waals surface area contributed by atoms with E-state index < -0.39 is 6.10 Å². The van der Waals surface area contributed by atoms with Crippen LogP contribution in [0.15, 0.2) is 79.4 Å². The van der Waals surface area contributed by atoms with E-state index >= 15 is 0 Å². The minimum absolute atomic E-state index is 0.412. The van der Waals surface area contributed by atoms with E-state index in [1.54, 1.807) is 12.5 Å². The number of imidazole rings is 2. The van der Waals surface area contributed by atoms with Crippen molar-refractivity contribution in [2.75, 3.05) is 0 Å². The first kappa shape index (κ1) is 17.2. The van der Waals surface area contributed by atoms with Gasteiger partial charge >= 0.3 is 0 Å². The molecule has 0 saturated heterocycles. The van der Waals surface area contributed by atoms with Crippen LogP contribution < -0.4 is 0 Å². The molecule has 0 aliphatic carbocycles. The fraction of sp³-hybridized carbons (Fsp3) is 0.182. The van der Waals surface area contributed by atoms with Crippen LogP contribution in [0, 0.1) is 0 Å². The van der Waals surface area contributed by atoms with Crippen LogP contribution in [0.25, 0.3) is 22.8 Å². The highest BCUT2D eigenvalue weighted by atomic mass is 16.3. The van der Waals surface area contributed by atoms with Gasteiger partial charge < -0.3 is 14.2 Å². The number of aliphatic hydroxyl groups is 1. The molecule has 2 heterocycles. The van der Waals surface area contributed by atoms with Crippen molar-refractivity contribution in [1.82, 2.24) is 19.1 Å². The van der Waals surface area contributed by atoms with Crippen LogP contribution in [0.3, 0.4) is 0 Å². The molecule has 0 radical (unpaired) electrons. The van der Waals surface area contributed by atoms with Crippen molar-refractivity contribution in [2.24, 2.45) is 0 Å². The highest BCUT2D eigenvalue weighted by Crippen LogP contribution is 2.31. The van der Waals surface area contributed by atoms with Gasteiger partial charge in [-0.05, 0) is 12.5 Å². The van der Waals surface area contributed by atoms with Gasteiger partial charge in [0.05, 0.1) is 24.7 Å². The monoisotopic (exact) mass is 358 g/mol. The number of aromatic nitrogens is 4. The molecule has 5 nitrogen and oxygen atoms in total. The summed E-state index contributed by atoms with van der Waals surface area (Å²) in [5, 5.41) is 10.7. The maximum absolute atomic E-state index is 10.7. The standard InChI is InChI=1S/C22H22N4O/c1-2-25-14-13-23-22(25)21-20(18-11-7-4-8-12-18)24-16-26(21)15-19(27)17-9-5-3-6-10-17/h3-14,16,19,27H,2,15H2,1H3/t19-/m0/s1. The molecular weight excluding hydrogens is 336 g/mol. The lowest BCUT2D eigenvalue weighted by molar-refractivity contribution is 0.157. The molecule has 136 valence electrons. The van der Waals surface area contributed by atoms with Crippen molar-refractivity contribution in [3.05, 3.63) is 84.9 Å². The van der Waals surface area contributed by atoms with Crippen LogP contribution in [0.4, 0.5) is 0 Å². The molecule has 4 aromatic rings. The van der Waals surface area contributed by atoms with Crippen molar-refractivity contribution < 1.29 is 5.11 Å². The Balaban J connectivity index is 1.79. The Bertz CT molecular complexity index is 1010. The first-order valence-electron chi connectivity index (χ1n) is 9.13. The van der Waals surface area contributed by atoms with Gasteiger partial charge in [-0.1, -0.05) is 60.7 Å². The van der Waals surface area contributed by atoms with E-state index in [0.717, 1.165) is 34.9 Å². The maximum Gasteiger partial charge on any atom is 0.158 e. The van der Waals surface area contributed by atoms with Crippen LogP contribution in [-0.4, -0.2) is 24.2 Å². The summed E-state index contributed by atoms with van der Waals surface area (Å²) in [6.07, 6.45) is 4.94. The zero-order valence-electron chi connectivity index (χ0n) is 15.2. The molecule has 0 amide bonds. The number of nitrogens with zero attached hydrogens (tertiary/aromatic N) is 4. The topological polar surface area (TPSA) is 55.9 Å². The zero-order chi connectivity index (χ0) is 18.6. The van der Waals surface area contributed by atoms with Crippen molar-refractivity contribution in [3.8, 4) is 22.8 Å². The number of aryl methyl sites for hydroxylation is 1. The molecule has 0 saturated carbocycles. The SMILES string of the molecule is CCn1ccnc1-c1c(-c2ccccc2)ncn1C[C@H](O)c1ccccc1. The first-order chi connectivity index (χ1) is 13.3. The molecule has 1 atom stereocenters. The second-order valence-corrected chi connectivity index (χ2v) is 6.42. The Morgan fingerprint density at radius 2 is 1.63 bits per heavy atom. The number of aliphatic hydroxyl groups excluding tert-OH is 1. The van der Waals surface area contributed by atoms with Crippen LogP contribution in [-0.2, 0) is 13.1 Å². The van der Waals surface area contributed by atoms with Crippen molar-refractivity contribution in [2.45, 2.75) is 26.1 Å². The van der Waals surface area contributed by atoms with Gasteiger partial charge in [-0.25, -0.2) is 9.97 Å². The number of hydrogen-bond acceptors (Lipinski definition) is 3. The Morgan fingerprint density at radius 1 is 0.926 bits per heavy atom. The molecule has 0 aliphatic heterocycles. The second-order valence-electron chi connectivity index (χ2n) is 6.42. The second kappa shape index (κ2) is 7.60. The minimum atomic E-state index is -0.618.